The second-order valence-corrected chi connectivity index (χ2v) is 6.20. The largest absolute Gasteiger partial charge is 0.337 e. The van der Waals surface area contributed by atoms with Gasteiger partial charge in [-0.1, -0.05) is 0 Å². The summed E-state index contributed by atoms with van der Waals surface area (Å²) in [5.74, 6) is 0. The highest BCUT2D eigenvalue weighted by molar-refractivity contribution is 7.17. The molecule has 3 rings (SSSR count). The number of hydrogen-bond donors (Lipinski definition) is 1. The molecule has 1 atom stereocenters. The zero-order chi connectivity index (χ0) is 14.5. The van der Waals surface area contributed by atoms with E-state index >= 15 is 0 Å². The first-order chi connectivity index (χ1) is 10.3. The fraction of sp³-hybridized carbons (Fsp3) is 0.375. The maximum absolute atomic E-state index is 4.50. The SMILES string of the molecule is CC(NCCCCn1ccnc1)c1cnc2ccsc2c1. The van der Waals surface area contributed by atoms with E-state index in [1.165, 1.54) is 10.3 Å². The summed E-state index contributed by atoms with van der Waals surface area (Å²) in [6, 6.07) is 4.66. The van der Waals surface area contributed by atoms with Gasteiger partial charge in [-0.05, 0) is 49.4 Å². The molecule has 0 aliphatic heterocycles. The summed E-state index contributed by atoms with van der Waals surface area (Å²) < 4.78 is 3.39. The number of rotatable bonds is 7. The van der Waals surface area contributed by atoms with Gasteiger partial charge in [-0.15, -0.1) is 11.3 Å². The average molecular weight is 300 g/mol. The van der Waals surface area contributed by atoms with Gasteiger partial charge >= 0.3 is 0 Å². The molecule has 3 aromatic rings. The van der Waals surface area contributed by atoms with Crippen LogP contribution in [0.4, 0.5) is 0 Å². The smallest absolute Gasteiger partial charge is 0.0945 e. The van der Waals surface area contributed by atoms with Gasteiger partial charge in [0.15, 0.2) is 0 Å². The van der Waals surface area contributed by atoms with Gasteiger partial charge in [0.25, 0.3) is 0 Å². The third kappa shape index (κ3) is 3.68. The van der Waals surface area contributed by atoms with Gasteiger partial charge in [0.2, 0.25) is 0 Å². The fourth-order valence-electron chi connectivity index (χ4n) is 2.37. The maximum atomic E-state index is 4.50. The molecule has 1 unspecified atom stereocenters. The second kappa shape index (κ2) is 6.83. The van der Waals surface area contributed by atoms with Crippen LogP contribution < -0.4 is 5.32 Å². The lowest BCUT2D eigenvalue weighted by Crippen LogP contribution is -2.20. The van der Waals surface area contributed by atoms with Crippen molar-refractivity contribution in [3.8, 4) is 0 Å². The van der Waals surface area contributed by atoms with Gasteiger partial charge in [0.05, 0.1) is 16.5 Å². The van der Waals surface area contributed by atoms with Crippen molar-refractivity contribution in [2.45, 2.75) is 32.4 Å². The van der Waals surface area contributed by atoms with Crippen molar-refractivity contribution < 1.29 is 0 Å². The third-order valence-electron chi connectivity index (χ3n) is 3.68. The third-order valence-corrected chi connectivity index (χ3v) is 4.53. The van der Waals surface area contributed by atoms with Crippen LogP contribution in [0.5, 0.6) is 0 Å². The number of nitrogens with zero attached hydrogens (tertiary/aromatic N) is 3. The maximum Gasteiger partial charge on any atom is 0.0945 e. The van der Waals surface area contributed by atoms with Crippen LogP contribution in [0.1, 0.15) is 31.4 Å². The lowest BCUT2D eigenvalue weighted by molar-refractivity contribution is 0.523. The van der Waals surface area contributed by atoms with Gasteiger partial charge in [-0.25, -0.2) is 4.98 Å². The van der Waals surface area contributed by atoms with Crippen LogP contribution in [0.2, 0.25) is 0 Å². The molecular weight excluding hydrogens is 280 g/mol. The molecule has 4 nitrogen and oxygen atoms in total. The Labute approximate surface area is 128 Å². The quantitative estimate of drug-likeness (QED) is 0.678. The molecule has 0 radical (unpaired) electrons. The minimum Gasteiger partial charge on any atom is -0.337 e. The highest BCUT2D eigenvalue weighted by atomic mass is 32.1. The summed E-state index contributed by atoms with van der Waals surface area (Å²) in [6.07, 6.45) is 10.0. The Morgan fingerprint density at radius 3 is 3.19 bits per heavy atom. The van der Waals surface area contributed by atoms with Gasteiger partial charge in [0.1, 0.15) is 0 Å². The minimum atomic E-state index is 0.345. The number of nitrogens with one attached hydrogen (secondary N) is 1. The molecule has 0 aromatic carbocycles. The predicted molar refractivity (Wildman–Crippen MR) is 87.5 cm³/mol. The van der Waals surface area contributed by atoms with Crippen molar-refractivity contribution in [3.63, 3.8) is 0 Å². The molecule has 0 aliphatic carbocycles. The number of aromatic nitrogens is 3. The summed E-state index contributed by atoms with van der Waals surface area (Å²) in [7, 11) is 0. The van der Waals surface area contributed by atoms with Gasteiger partial charge in [-0.2, -0.15) is 0 Å². The van der Waals surface area contributed by atoms with E-state index in [0.717, 1.165) is 31.4 Å². The molecule has 0 aliphatic rings. The van der Waals surface area contributed by atoms with Crippen LogP contribution in [-0.4, -0.2) is 21.1 Å². The molecule has 110 valence electrons. The van der Waals surface area contributed by atoms with E-state index in [4.69, 9.17) is 0 Å². The highest BCUT2D eigenvalue weighted by Crippen LogP contribution is 2.22. The summed E-state index contributed by atoms with van der Waals surface area (Å²) in [4.78, 5) is 8.55. The van der Waals surface area contributed by atoms with Crippen LogP contribution in [0, 0.1) is 0 Å². The molecule has 0 saturated carbocycles. The predicted octanol–water partition coefficient (Wildman–Crippen LogP) is 3.62. The highest BCUT2D eigenvalue weighted by Gasteiger charge is 2.06. The summed E-state index contributed by atoms with van der Waals surface area (Å²) in [5.41, 5.74) is 2.36. The first kappa shape index (κ1) is 14.2. The number of pyridine rings is 1. The number of fused-ring (bicyclic) bond motifs is 1. The van der Waals surface area contributed by atoms with E-state index in [0.29, 0.717) is 6.04 Å². The number of hydrogen-bond acceptors (Lipinski definition) is 4. The van der Waals surface area contributed by atoms with Gasteiger partial charge in [-0.3, -0.25) is 4.98 Å². The van der Waals surface area contributed by atoms with E-state index in [1.807, 2.05) is 24.9 Å². The molecule has 0 saturated heterocycles. The van der Waals surface area contributed by atoms with Crippen LogP contribution in [0.25, 0.3) is 10.2 Å². The Hall–Kier alpha value is -1.72. The molecule has 21 heavy (non-hydrogen) atoms. The van der Waals surface area contributed by atoms with Gasteiger partial charge in [0, 0.05) is 31.2 Å². The molecule has 3 aromatic heterocycles. The van der Waals surface area contributed by atoms with Crippen molar-refractivity contribution in [1.82, 2.24) is 19.9 Å². The van der Waals surface area contributed by atoms with E-state index < -0.39 is 0 Å². The van der Waals surface area contributed by atoms with Crippen molar-refractivity contribution in [1.29, 1.82) is 0 Å². The van der Waals surface area contributed by atoms with Crippen LogP contribution >= 0.6 is 11.3 Å². The summed E-state index contributed by atoms with van der Waals surface area (Å²) in [5, 5.41) is 5.67. The Kier molecular flexibility index (Phi) is 4.62. The van der Waals surface area contributed by atoms with Crippen LogP contribution in [-0.2, 0) is 6.54 Å². The molecular formula is C16H20N4S. The lowest BCUT2D eigenvalue weighted by Gasteiger charge is -2.14. The summed E-state index contributed by atoms with van der Waals surface area (Å²) >= 11 is 1.75. The molecule has 0 bridgehead atoms. The van der Waals surface area contributed by atoms with Crippen molar-refractivity contribution in [2.75, 3.05) is 6.54 Å². The van der Waals surface area contributed by atoms with Gasteiger partial charge < -0.3 is 9.88 Å². The van der Waals surface area contributed by atoms with Crippen LogP contribution in [0.15, 0.2) is 42.4 Å². The normalized spacial score (nSPS) is 12.8. The van der Waals surface area contributed by atoms with Crippen molar-refractivity contribution in [3.05, 3.63) is 48.0 Å². The number of imidazole rings is 1. The van der Waals surface area contributed by atoms with E-state index in [9.17, 15) is 0 Å². The second-order valence-electron chi connectivity index (χ2n) is 5.26. The Morgan fingerprint density at radius 1 is 1.38 bits per heavy atom. The minimum absolute atomic E-state index is 0.345. The molecule has 0 fully saturated rings. The Balaban J connectivity index is 1.44. The average Bonchev–Trinajstić information content (AvgIpc) is 3.17. The molecule has 1 N–H and O–H groups in total. The zero-order valence-corrected chi connectivity index (χ0v) is 13.0. The first-order valence-corrected chi connectivity index (χ1v) is 8.23. The number of unbranched alkanes of at least 4 members (excludes halogenated alkanes) is 1. The number of thiophene rings is 1. The zero-order valence-electron chi connectivity index (χ0n) is 12.2. The standard InChI is InChI=1S/C16H20N4S/c1-13(14-10-16-15(19-11-14)4-9-21-16)18-5-2-3-7-20-8-6-17-12-20/h4,6,8-13,18H,2-3,5,7H2,1H3. The van der Waals surface area contributed by atoms with E-state index in [-0.39, 0.29) is 0 Å². The van der Waals surface area contributed by atoms with E-state index in [2.05, 4.69) is 44.3 Å². The fourth-order valence-corrected chi connectivity index (χ4v) is 3.16. The number of aryl methyl sites for hydroxylation is 1. The Bertz CT molecular complexity index is 674. The van der Waals surface area contributed by atoms with E-state index in [1.54, 1.807) is 11.3 Å². The lowest BCUT2D eigenvalue weighted by atomic mass is 10.1. The van der Waals surface area contributed by atoms with Crippen LogP contribution in [0.3, 0.4) is 0 Å². The monoisotopic (exact) mass is 300 g/mol. The van der Waals surface area contributed by atoms with Crippen molar-refractivity contribution in [2.24, 2.45) is 0 Å². The molecule has 3 heterocycles. The summed E-state index contributed by atoms with van der Waals surface area (Å²) in [6.45, 7) is 4.27. The molecule has 5 heteroatoms. The molecule has 0 amide bonds. The topological polar surface area (TPSA) is 42.7 Å². The molecule has 0 spiro atoms. The van der Waals surface area contributed by atoms with Crippen molar-refractivity contribution >= 4 is 21.6 Å². The Morgan fingerprint density at radius 2 is 2.33 bits per heavy atom. The first-order valence-electron chi connectivity index (χ1n) is 7.35.